The molecule has 1 rings (SSSR count). The van der Waals surface area contributed by atoms with Gasteiger partial charge >= 0.3 is 5.97 Å². The molecule has 1 aromatic heterocycles. The van der Waals surface area contributed by atoms with Crippen LogP contribution in [0.1, 0.15) is 38.0 Å². The van der Waals surface area contributed by atoms with Gasteiger partial charge in [-0.05, 0) is 24.8 Å². The molecule has 0 bridgehead atoms. The van der Waals surface area contributed by atoms with E-state index >= 15 is 0 Å². The first-order valence-electron chi connectivity index (χ1n) is 5.79. The molecule has 5 heteroatoms. The van der Waals surface area contributed by atoms with Gasteiger partial charge in [-0.15, -0.1) is 11.3 Å². The number of nitrogens with one attached hydrogen (secondary N) is 1. The summed E-state index contributed by atoms with van der Waals surface area (Å²) in [7, 11) is 0. The molecule has 0 unspecified atom stereocenters. The van der Waals surface area contributed by atoms with Crippen molar-refractivity contribution >= 4 is 17.3 Å². The second kappa shape index (κ2) is 6.71. The van der Waals surface area contributed by atoms with Gasteiger partial charge in [0.1, 0.15) is 0 Å². The average molecular weight is 256 g/mol. The van der Waals surface area contributed by atoms with Crippen LogP contribution < -0.4 is 5.32 Å². The Bertz CT molecular complexity index is 336. The lowest BCUT2D eigenvalue weighted by Crippen LogP contribution is -2.22. The standard InChI is InChI=1S/C12H20N2O2S/c1-12(2,4-3-11(15)16)5-6-13-7-10-8-14-9-17-10/h8-9,13H,3-7H2,1-2H3,(H,15,16). The van der Waals surface area contributed by atoms with Crippen molar-refractivity contribution in [1.82, 2.24) is 10.3 Å². The monoisotopic (exact) mass is 256 g/mol. The van der Waals surface area contributed by atoms with Gasteiger partial charge in [0.15, 0.2) is 0 Å². The first kappa shape index (κ1) is 14.1. The summed E-state index contributed by atoms with van der Waals surface area (Å²) in [5.41, 5.74) is 1.91. The maximum atomic E-state index is 10.5. The Morgan fingerprint density at radius 2 is 2.29 bits per heavy atom. The highest BCUT2D eigenvalue weighted by Crippen LogP contribution is 2.26. The molecule has 0 aliphatic rings. The van der Waals surface area contributed by atoms with Crippen molar-refractivity contribution in [3.8, 4) is 0 Å². The van der Waals surface area contributed by atoms with E-state index in [0.29, 0.717) is 0 Å². The molecule has 0 spiro atoms. The number of hydrogen-bond donors (Lipinski definition) is 2. The molecule has 4 nitrogen and oxygen atoms in total. The van der Waals surface area contributed by atoms with Gasteiger partial charge in [-0.2, -0.15) is 0 Å². The molecule has 1 heterocycles. The predicted octanol–water partition coefficient (Wildman–Crippen LogP) is 2.51. The Labute approximate surface area is 106 Å². The van der Waals surface area contributed by atoms with E-state index in [9.17, 15) is 4.79 Å². The zero-order chi connectivity index (χ0) is 12.7. The number of aliphatic carboxylic acids is 1. The molecule has 2 N–H and O–H groups in total. The fourth-order valence-corrected chi connectivity index (χ4v) is 2.10. The minimum Gasteiger partial charge on any atom is -0.481 e. The van der Waals surface area contributed by atoms with Crippen molar-refractivity contribution in [3.05, 3.63) is 16.6 Å². The molecule has 0 fully saturated rings. The normalized spacial score (nSPS) is 11.6. The Morgan fingerprint density at radius 3 is 2.88 bits per heavy atom. The number of aromatic nitrogens is 1. The van der Waals surface area contributed by atoms with Crippen molar-refractivity contribution in [2.75, 3.05) is 6.54 Å². The van der Waals surface area contributed by atoms with Crippen LogP contribution in [0.5, 0.6) is 0 Å². The lowest BCUT2D eigenvalue weighted by molar-refractivity contribution is -0.137. The summed E-state index contributed by atoms with van der Waals surface area (Å²) in [5.74, 6) is -0.712. The maximum Gasteiger partial charge on any atom is 0.303 e. The summed E-state index contributed by atoms with van der Waals surface area (Å²) >= 11 is 1.64. The molecule has 96 valence electrons. The third-order valence-corrected chi connectivity index (χ3v) is 3.56. The topological polar surface area (TPSA) is 62.2 Å². The second-order valence-electron chi connectivity index (χ2n) is 4.95. The molecule has 0 aliphatic carbocycles. The van der Waals surface area contributed by atoms with Crippen LogP contribution in [0.25, 0.3) is 0 Å². The lowest BCUT2D eigenvalue weighted by atomic mass is 9.84. The number of carboxylic acids is 1. The maximum absolute atomic E-state index is 10.5. The molecule has 0 radical (unpaired) electrons. The largest absolute Gasteiger partial charge is 0.481 e. The van der Waals surface area contributed by atoms with Crippen LogP contribution in [0.3, 0.4) is 0 Å². The SMILES string of the molecule is CC(C)(CCNCc1cncs1)CCC(=O)O. The van der Waals surface area contributed by atoms with Crippen molar-refractivity contribution in [2.24, 2.45) is 5.41 Å². The molecule has 0 amide bonds. The van der Waals surface area contributed by atoms with Crippen LogP contribution in [0, 0.1) is 5.41 Å². The van der Waals surface area contributed by atoms with E-state index in [1.807, 2.05) is 11.7 Å². The van der Waals surface area contributed by atoms with Crippen molar-refractivity contribution in [2.45, 2.75) is 39.7 Å². The third kappa shape index (κ3) is 6.38. The number of hydrogen-bond acceptors (Lipinski definition) is 4. The summed E-state index contributed by atoms with van der Waals surface area (Å²) in [6, 6.07) is 0. The fraction of sp³-hybridized carbons (Fsp3) is 0.667. The summed E-state index contributed by atoms with van der Waals surface area (Å²) in [5, 5.41) is 12.0. The van der Waals surface area contributed by atoms with Crippen LogP contribution >= 0.6 is 11.3 Å². The molecule has 17 heavy (non-hydrogen) atoms. The van der Waals surface area contributed by atoms with Crippen molar-refractivity contribution < 1.29 is 9.90 Å². The molecule has 0 saturated heterocycles. The van der Waals surface area contributed by atoms with E-state index in [-0.39, 0.29) is 11.8 Å². The number of rotatable bonds is 8. The summed E-state index contributed by atoms with van der Waals surface area (Å²) in [6.45, 7) is 5.98. The van der Waals surface area contributed by atoms with Crippen LogP contribution in [-0.2, 0) is 11.3 Å². The molecule has 0 aromatic carbocycles. The Balaban J connectivity index is 2.14. The quantitative estimate of drug-likeness (QED) is 0.702. The van der Waals surface area contributed by atoms with E-state index in [0.717, 1.165) is 25.9 Å². The smallest absolute Gasteiger partial charge is 0.303 e. The van der Waals surface area contributed by atoms with Crippen molar-refractivity contribution in [3.63, 3.8) is 0 Å². The summed E-state index contributed by atoms with van der Waals surface area (Å²) < 4.78 is 0. The van der Waals surface area contributed by atoms with E-state index in [1.54, 1.807) is 11.3 Å². The minimum absolute atomic E-state index is 0.0824. The molecular weight excluding hydrogens is 236 g/mol. The zero-order valence-corrected chi connectivity index (χ0v) is 11.2. The summed E-state index contributed by atoms with van der Waals surface area (Å²) in [6.07, 6.45) is 3.83. The van der Waals surface area contributed by atoms with Crippen LogP contribution in [0.15, 0.2) is 11.7 Å². The fourth-order valence-electron chi connectivity index (χ4n) is 1.54. The zero-order valence-electron chi connectivity index (χ0n) is 10.4. The van der Waals surface area contributed by atoms with Gasteiger partial charge < -0.3 is 10.4 Å². The average Bonchev–Trinajstić information content (AvgIpc) is 2.75. The highest BCUT2D eigenvalue weighted by molar-refractivity contribution is 7.09. The Kier molecular flexibility index (Phi) is 5.58. The van der Waals surface area contributed by atoms with Gasteiger partial charge in [-0.1, -0.05) is 13.8 Å². The highest BCUT2D eigenvalue weighted by Gasteiger charge is 2.18. The molecule has 0 aliphatic heterocycles. The first-order valence-corrected chi connectivity index (χ1v) is 6.67. The number of nitrogens with zero attached hydrogens (tertiary/aromatic N) is 1. The lowest BCUT2D eigenvalue weighted by Gasteiger charge is -2.23. The predicted molar refractivity (Wildman–Crippen MR) is 69.1 cm³/mol. The van der Waals surface area contributed by atoms with Gasteiger partial charge in [-0.3, -0.25) is 9.78 Å². The number of thiazole rings is 1. The summed E-state index contributed by atoms with van der Waals surface area (Å²) in [4.78, 5) is 15.8. The molecular formula is C12H20N2O2S. The van der Waals surface area contributed by atoms with E-state index < -0.39 is 5.97 Å². The van der Waals surface area contributed by atoms with Gasteiger partial charge in [-0.25, -0.2) is 0 Å². The third-order valence-electron chi connectivity index (χ3n) is 2.78. The highest BCUT2D eigenvalue weighted by atomic mass is 32.1. The van der Waals surface area contributed by atoms with Crippen LogP contribution in [0.2, 0.25) is 0 Å². The van der Waals surface area contributed by atoms with Crippen LogP contribution in [0.4, 0.5) is 0 Å². The van der Waals surface area contributed by atoms with E-state index in [1.165, 1.54) is 4.88 Å². The minimum atomic E-state index is -0.712. The Morgan fingerprint density at radius 1 is 1.53 bits per heavy atom. The molecule has 0 atom stereocenters. The van der Waals surface area contributed by atoms with Gasteiger partial charge in [0, 0.05) is 24.0 Å². The Hall–Kier alpha value is -0.940. The van der Waals surface area contributed by atoms with Gasteiger partial charge in [0.2, 0.25) is 0 Å². The first-order chi connectivity index (χ1) is 7.99. The van der Waals surface area contributed by atoms with Crippen molar-refractivity contribution in [1.29, 1.82) is 0 Å². The molecule has 0 saturated carbocycles. The van der Waals surface area contributed by atoms with E-state index in [4.69, 9.17) is 5.11 Å². The van der Waals surface area contributed by atoms with Gasteiger partial charge in [0.25, 0.3) is 0 Å². The van der Waals surface area contributed by atoms with E-state index in [2.05, 4.69) is 24.1 Å². The van der Waals surface area contributed by atoms with Gasteiger partial charge in [0.05, 0.1) is 5.51 Å². The molecule has 1 aromatic rings. The number of carbonyl (C=O) groups is 1. The number of carboxylic acid groups (broad SMARTS) is 1. The second-order valence-corrected chi connectivity index (χ2v) is 5.92. The van der Waals surface area contributed by atoms with Crippen LogP contribution in [-0.4, -0.2) is 22.6 Å².